The van der Waals surface area contributed by atoms with Crippen molar-refractivity contribution < 1.29 is 18.0 Å². The summed E-state index contributed by atoms with van der Waals surface area (Å²) in [7, 11) is 0. The summed E-state index contributed by atoms with van der Waals surface area (Å²) in [5.74, 6) is -2.04. The molecule has 0 bridgehead atoms. The maximum atomic E-state index is 12.8. The molecule has 0 aromatic carbocycles. The van der Waals surface area contributed by atoms with E-state index in [9.17, 15) is 18.0 Å². The summed E-state index contributed by atoms with van der Waals surface area (Å²) in [5, 5.41) is 2.87. The third-order valence-electron chi connectivity index (χ3n) is 5.24. The van der Waals surface area contributed by atoms with Gasteiger partial charge in [0, 0.05) is 12.5 Å². The molecule has 2 aliphatic carbocycles. The normalized spacial score (nSPS) is 29.3. The minimum atomic E-state index is -4.18. The second kappa shape index (κ2) is 6.55. The molecule has 122 valence electrons. The van der Waals surface area contributed by atoms with Crippen molar-refractivity contribution in [3.63, 3.8) is 0 Å². The molecule has 2 saturated carbocycles. The number of carbonyl (C=O) groups is 1. The van der Waals surface area contributed by atoms with E-state index in [0.717, 1.165) is 25.7 Å². The number of rotatable bonds is 4. The molecule has 2 fully saturated rings. The first-order valence-corrected chi connectivity index (χ1v) is 7.91. The van der Waals surface area contributed by atoms with Crippen LogP contribution in [-0.4, -0.2) is 25.2 Å². The summed E-state index contributed by atoms with van der Waals surface area (Å²) in [4.78, 5) is 12.2. The van der Waals surface area contributed by atoms with Crippen LogP contribution < -0.4 is 11.1 Å². The van der Waals surface area contributed by atoms with E-state index in [4.69, 9.17) is 5.73 Å². The van der Waals surface area contributed by atoms with Gasteiger partial charge in [0.2, 0.25) is 5.91 Å². The fourth-order valence-corrected chi connectivity index (χ4v) is 3.72. The molecule has 0 saturated heterocycles. The number of halogens is 3. The van der Waals surface area contributed by atoms with E-state index in [0.29, 0.717) is 25.9 Å². The van der Waals surface area contributed by atoms with E-state index in [1.807, 2.05) is 0 Å². The lowest BCUT2D eigenvalue weighted by atomic mass is 9.80. The molecule has 3 nitrogen and oxygen atoms in total. The van der Waals surface area contributed by atoms with E-state index in [1.165, 1.54) is 0 Å². The standard InChI is InChI=1S/C15H25F3N2O/c16-15(17,18)12-5-3-4-11(8-12)13(21)20-10-14(9-19)6-1-2-7-14/h11-12H,1-10,19H2,(H,20,21). The molecule has 6 heteroatoms. The van der Waals surface area contributed by atoms with Gasteiger partial charge in [-0.25, -0.2) is 0 Å². The van der Waals surface area contributed by atoms with Crippen molar-refractivity contribution in [3.8, 4) is 0 Å². The second-order valence-electron chi connectivity index (χ2n) is 6.73. The van der Waals surface area contributed by atoms with E-state index in [-0.39, 0.29) is 24.2 Å². The van der Waals surface area contributed by atoms with Gasteiger partial charge in [0.25, 0.3) is 0 Å². The first-order chi connectivity index (χ1) is 9.86. The van der Waals surface area contributed by atoms with Gasteiger partial charge in [-0.15, -0.1) is 0 Å². The topological polar surface area (TPSA) is 55.1 Å². The maximum Gasteiger partial charge on any atom is 0.391 e. The van der Waals surface area contributed by atoms with Gasteiger partial charge < -0.3 is 11.1 Å². The third kappa shape index (κ3) is 4.11. The van der Waals surface area contributed by atoms with Crippen molar-refractivity contribution in [3.05, 3.63) is 0 Å². The van der Waals surface area contributed by atoms with Crippen LogP contribution in [0, 0.1) is 17.3 Å². The van der Waals surface area contributed by atoms with E-state index in [1.54, 1.807) is 0 Å². The summed E-state index contributed by atoms with van der Waals surface area (Å²) in [6, 6.07) is 0. The van der Waals surface area contributed by atoms with Crippen LogP contribution in [0.5, 0.6) is 0 Å². The van der Waals surface area contributed by atoms with Crippen molar-refractivity contribution in [1.82, 2.24) is 5.32 Å². The third-order valence-corrected chi connectivity index (χ3v) is 5.24. The highest BCUT2D eigenvalue weighted by atomic mass is 19.4. The Hall–Kier alpha value is -0.780. The van der Waals surface area contributed by atoms with Crippen LogP contribution in [0.1, 0.15) is 51.4 Å². The zero-order chi connectivity index (χ0) is 15.5. The number of amides is 1. The molecule has 1 amide bonds. The molecule has 0 spiro atoms. The largest absolute Gasteiger partial charge is 0.391 e. The highest BCUT2D eigenvalue weighted by molar-refractivity contribution is 5.78. The smallest absolute Gasteiger partial charge is 0.355 e. The SMILES string of the molecule is NCC1(CNC(=O)C2CCCC(C(F)(F)F)C2)CCCC1. The number of nitrogens with two attached hydrogens (primary N) is 1. The number of hydrogen-bond acceptors (Lipinski definition) is 2. The minimum Gasteiger partial charge on any atom is -0.355 e. The van der Waals surface area contributed by atoms with Crippen LogP contribution in [0.15, 0.2) is 0 Å². The monoisotopic (exact) mass is 306 g/mol. The fourth-order valence-electron chi connectivity index (χ4n) is 3.72. The Morgan fingerprint density at radius 3 is 2.43 bits per heavy atom. The lowest BCUT2D eigenvalue weighted by Gasteiger charge is -2.32. The van der Waals surface area contributed by atoms with E-state index >= 15 is 0 Å². The fraction of sp³-hybridized carbons (Fsp3) is 0.933. The van der Waals surface area contributed by atoms with Gasteiger partial charge >= 0.3 is 6.18 Å². The zero-order valence-electron chi connectivity index (χ0n) is 12.3. The van der Waals surface area contributed by atoms with Crippen LogP contribution in [0.2, 0.25) is 0 Å². The molecular formula is C15H25F3N2O. The van der Waals surface area contributed by atoms with Crippen LogP contribution >= 0.6 is 0 Å². The second-order valence-corrected chi connectivity index (χ2v) is 6.73. The molecule has 2 aliphatic rings. The lowest BCUT2D eigenvalue weighted by Crippen LogP contribution is -2.44. The molecule has 21 heavy (non-hydrogen) atoms. The molecular weight excluding hydrogens is 281 g/mol. The number of carbonyl (C=O) groups excluding carboxylic acids is 1. The Morgan fingerprint density at radius 2 is 1.86 bits per heavy atom. The first-order valence-electron chi connectivity index (χ1n) is 7.91. The summed E-state index contributed by atoms with van der Waals surface area (Å²) < 4.78 is 38.3. The predicted molar refractivity (Wildman–Crippen MR) is 74.5 cm³/mol. The summed E-state index contributed by atoms with van der Waals surface area (Å²) >= 11 is 0. The van der Waals surface area contributed by atoms with Gasteiger partial charge in [0.15, 0.2) is 0 Å². The van der Waals surface area contributed by atoms with E-state index in [2.05, 4.69) is 5.32 Å². The molecule has 2 unspecified atom stereocenters. The predicted octanol–water partition coefficient (Wildman–Crippen LogP) is 2.99. The van der Waals surface area contributed by atoms with Crippen LogP contribution in [-0.2, 0) is 4.79 Å². The van der Waals surface area contributed by atoms with Crippen molar-refractivity contribution in [2.75, 3.05) is 13.1 Å². The summed E-state index contributed by atoms with van der Waals surface area (Å²) in [6.45, 7) is 1.04. The highest BCUT2D eigenvalue weighted by Crippen LogP contribution is 2.40. The Balaban J connectivity index is 1.85. The number of alkyl halides is 3. The molecule has 2 atom stereocenters. The van der Waals surface area contributed by atoms with Crippen molar-refractivity contribution in [2.45, 2.75) is 57.5 Å². The average Bonchev–Trinajstić information content (AvgIpc) is 2.93. The van der Waals surface area contributed by atoms with Crippen LogP contribution in [0.4, 0.5) is 13.2 Å². The Labute approximate surface area is 123 Å². The van der Waals surface area contributed by atoms with Gasteiger partial charge in [-0.05, 0) is 44.1 Å². The van der Waals surface area contributed by atoms with E-state index < -0.39 is 18.0 Å². The van der Waals surface area contributed by atoms with Crippen LogP contribution in [0.3, 0.4) is 0 Å². The maximum absolute atomic E-state index is 12.8. The molecule has 0 aromatic heterocycles. The van der Waals surface area contributed by atoms with Crippen LogP contribution in [0.25, 0.3) is 0 Å². The van der Waals surface area contributed by atoms with Crippen molar-refractivity contribution in [1.29, 1.82) is 0 Å². The van der Waals surface area contributed by atoms with Gasteiger partial charge in [0.05, 0.1) is 5.92 Å². The molecule has 2 rings (SSSR count). The Morgan fingerprint density at radius 1 is 1.19 bits per heavy atom. The minimum absolute atomic E-state index is 0.0340. The Bertz CT molecular complexity index is 364. The highest BCUT2D eigenvalue weighted by Gasteiger charge is 2.43. The van der Waals surface area contributed by atoms with Gasteiger partial charge in [-0.1, -0.05) is 19.3 Å². The average molecular weight is 306 g/mol. The Kier molecular flexibility index (Phi) is 5.17. The van der Waals surface area contributed by atoms with Gasteiger partial charge in [0.1, 0.15) is 0 Å². The molecule has 0 aliphatic heterocycles. The molecule has 0 heterocycles. The quantitative estimate of drug-likeness (QED) is 0.839. The molecule has 0 radical (unpaired) electrons. The molecule has 3 N–H and O–H groups in total. The number of hydrogen-bond donors (Lipinski definition) is 2. The van der Waals surface area contributed by atoms with Gasteiger partial charge in [-0.2, -0.15) is 13.2 Å². The zero-order valence-corrected chi connectivity index (χ0v) is 12.3. The lowest BCUT2D eigenvalue weighted by molar-refractivity contribution is -0.186. The molecule has 0 aromatic rings. The summed E-state index contributed by atoms with van der Waals surface area (Å²) in [5.41, 5.74) is 5.78. The first kappa shape index (κ1) is 16.6. The summed E-state index contributed by atoms with van der Waals surface area (Å²) in [6.07, 6.45) is 1.19. The van der Waals surface area contributed by atoms with Crippen molar-refractivity contribution >= 4 is 5.91 Å². The van der Waals surface area contributed by atoms with Crippen molar-refractivity contribution in [2.24, 2.45) is 23.0 Å². The van der Waals surface area contributed by atoms with Gasteiger partial charge in [-0.3, -0.25) is 4.79 Å². The number of nitrogens with one attached hydrogen (secondary N) is 1.